The number of fused-ring (bicyclic) bond motifs is 5. The molecule has 0 saturated heterocycles. The third-order valence-corrected chi connectivity index (χ3v) is 11.1. The van der Waals surface area contributed by atoms with Gasteiger partial charge in [-0.2, -0.15) is 0 Å². The van der Waals surface area contributed by atoms with Crippen LogP contribution < -0.4 is 9.75 Å². The normalized spacial score (nSPS) is 13.2. The van der Waals surface area contributed by atoms with E-state index in [1.165, 1.54) is 70.1 Å². The lowest BCUT2D eigenvalue weighted by molar-refractivity contribution is -0.659. The van der Waals surface area contributed by atoms with Gasteiger partial charge in [0.2, 0.25) is 5.69 Å². The van der Waals surface area contributed by atoms with Crippen molar-refractivity contribution < 1.29 is 4.57 Å². The number of pyridine rings is 1. The molecule has 0 atom stereocenters. The molecular weight excluding hydrogens is 471 g/mol. The lowest BCUT2D eigenvalue weighted by atomic mass is 9.87. The van der Waals surface area contributed by atoms with Crippen LogP contribution in [0.25, 0.3) is 43.6 Å². The van der Waals surface area contributed by atoms with Gasteiger partial charge >= 0.3 is 0 Å². The molecule has 0 N–H and O–H groups in total. The quantitative estimate of drug-likeness (QED) is 0.132. The Hall–Kier alpha value is -2.62. The minimum absolute atomic E-state index is 0.600. The van der Waals surface area contributed by atoms with Crippen molar-refractivity contribution in [1.82, 2.24) is 0 Å². The summed E-state index contributed by atoms with van der Waals surface area (Å²) >= 11 is 2.02. The van der Waals surface area contributed by atoms with E-state index in [4.69, 9.17) is 0 Å². The van der Waals surface area contributed by atoms with E-state index in [-0.39, 0.29) is 0 Å². The van der Waals surface area contributed by atoms with Crippen LogP contribution in [0.5, 0.6) is 0 Å². The number of benzene rings is 4. The zero-order valence-corrected chi connectivity index (χ0v) is 24.7. The van der Waals surface area contributed by atoms with E-state index in [1.54, 1.807) is 5.19 Å². The van der Waals surface area contributed by atoms with E-state index < -0.39 is 8.07 Å². The number of rotatable bonds is 3. The van der Waals surface area contributed by atoms with E-state index in [0.717, 1.165) is 6.42 Å². The van der Waals surface area contributed by atoms with E-state index in [0.29, 0.717) is 5.92 Å². The molecule has 1 nitrogen and oxygen atoms in total. The summed E-state index contributed by atoms with van der Waals surface area (Å²) in [6.45, 7) is 16.7. The predicted octanol–water partition coefficient (Wildman–Crippen LogP) is 8.46. The van der Waals surface area contributed by atoms with Gasteiger partial charge in [-0.25, -0.2) is 4.57 Å². The number of nitrogens with zero attached hydrogens (tertiary/aromatic N) is 1. The standard InChI is InChI=1S/C33H36NSSi/c1-19(2)16-27-23-13-12-20(3)17-25(23)21(4)30-32-31-24(14-15-34(32)5)22-10-9-11-29(36(6,7)8)26(22)18-28(31)35-33(27)30/h9-15,17-19H,16H2,1-8H3/q+1. The highest BCUT2D eigenvalue weighted by Crippen LogP contribution is 2.53. The Morgan fingerprint density at radius 3 is 2.36 bits per heavy atom. The van der Waals surface area contributed by atoms with Crippen molar-refractivity contribution in [2.45, 2.75) is 63.5 Å². The molecule has 6 rings (SSSR count). The number of hydrogen-bond donors (Lipinski definition) is 0. The maximum Gasteiger partial charge on any atom is 0.222 e. The molecule has 3 heteroatoms. The van der Waals surface area contributed by atoms with E-state index in [2.05, 4.69) is 114 Å². The lowest BCUT2D eigenvalue weighted by Gasteiger charge is -2.27. The van der Waals surface area contributed by atoms with Crippen LogP contribution >= 0.6 is 11.8 Å². The highest BCUT2D eigenvalue weighted by atomic mass is 32.2. The lowest BCUT2D eigenvalue weighted by Crippen LogP contribution is -2.38. The number of aryl methyl sites for hydroxylation is 3. The highest BCUT2D eigenvalue weighted by molar-refractivity contribution is 8.00. The second-order valence-corrected chi connectivity index (χ2v) is 18.2. The van der Waals surface area contributed by atoms with Gasteiger partial charge in [-0.3, -0.25) is 0 Å². The molecule has 0 fully saturated rings. The zero-order chi connectivity index (χ0) is 25.5. The fraction of sp³-hybridized carbons (Fsp3) is 0.303. The van der Waals surface area contributed by atoms with Crippen molar-refractivity contribution in [3.05, 3.63) is 71.4 Å². The van der Waals surface area contributed by atoms with Gasteiger partial charge in [-0.15, -0.1) is 0 Å². The molecule has 5 aromatic rings. The van der Waals surface area contributed by atoms with Crippen LogP contribution in [0, 0.1) is 19.8 Å². The Labute approximate surface area is 220 Å². The molecule has 1 aromatic heterocycles. The summed E-state index contributed by atoms with van der Waals surface area (Å²) in [6.07, 6.45) is 3.38. The van der Waals surface area contributed by atoms with Gasteiger partial charge in [-0.05, 0) is 64.9 Å². The molecule has 0 unspecified atom stereocenters. The predicted molar refractivity (Wildman–Crippen MR) is 161 cm³/mol. The molecule has 0 radical (unpaired) electrons. The molecule has 0 spiro atoms. The maximum absolute atomic E-state index is 2.52. The Morgan fingerprint density at radius 1 is 0.861 bits per heavy atom. The van der Waals surface area contributed by atoms with Crippen molar-refractivity contribution in [2.75, 3.05) is 0 Å². The SMILES string of the molecule is Cc1ccc2c(CC(C)C)c3c(c(C)c2c1)-c1c2c(cc4c([Si](C)(C)C)cccc4c2cc[n+]1C)S3. The first-order valence-electron chi connectivity index (χ1n) is 13.2. The Kier molecular flexibility index (Phi) is 5.41. The van der Waals surface area contributed by atoms with Gasteiger partial charge in [0, 0.05) is 21.2 Å². The molecule has 1 aliphatic rings. The summed E-state index contributed by atoms with van der Waals surface area (Å²) in [6, 6.07) is 18.9. The van der Waals surface area contributed by atoms with Crippen LogP contribution in [0.1, 0.15) is 30.5 Å². The molecule has 4 aromatic carbocycles. The largest absolute Gasteiger partial charge is 0.222 e. The fourth-order valence-electron chi connectivity index (χ4n) is 6.24. The van der Waals surface area contributed by atoms with E-state index in [1.807, 2.05) is 11.8 Å². The molecular formula is C33H36NSSi+. The Bertz CT molecular complexity index is 1720. The third kappa shape index (κ3) is 3.47. The van der Waals surface area contributed by atoms with E-state index >= 15 is 0 Å². The van der Waals surface area contributed by atoms with Crippen LogP contribution in [0.15, 0.2) is 64.5 Å². The van der Waals surface area contributed by atoms with Crippen molar-refractivity contribution in [3.63, 3.8) is 0 Å². The van der Waals surface area contributed by atoms with Gasteiger partial charge < -0.3 is 0 Å². The van der Waals surface area contributed by atoms with Crippen molar-refractivity contribution >= 4 is 57.3 Å². The van der Waals surface area contributed by atoms with Gasteiger partial charge in [0.05, 0.1) is 19.0 Å². The Balaban J connectivity index is 1.81. The van der Waals surface area contributed by atoms with Crippen molar-refractivity contribution in [3.8, 4) is 11.3 Å². The summed E-state index contributed by atoms with van der Waals surface area (Å²) in [7, 11) is 0.728. The summed E-state index contributed by atoms with van der Waals surface area (Å²) in [5.74, 6) is 0.600. The maximum atomic E-state index is 2.52. The first-order chi connectivity index (χ1) is 17.1. The Morgan fingerprint density at radius 2 is 1.64 bits per heavy atom. The summed E-state index contributed by atoms with van der Waals surface area (Å²) in [5.41, 5.74) is 7.08. The molecule has 2 heterocycles. The van der Waals surface area contributed by atoms with Crippen molar-refractivity contribution in [1.29, 1.82) is 0 Å². The molecule has 182 valence electrons. The molecule has 0 aliphatic carbocycles. The van der Waals surface area contributed by atoms with Crippen LogP contribution in [0.2, 0.25) is 19.6 Å². The summed E-state index contributed by atoms with van der Waals surface area (Å²) in [4.78, 5) is 2.88. The molecule has 0 saturated carbocycles. The average molecular weight is 507 g/mol. The van der Waals surface area contributed by atoms with Gasteiger partial charge in [-0.1, -0.05) is 92.4 Å². The number of aromatic nitrogens is 1. The minimum Gasteiger partial charge on any atom is -0.200 e. The minimum atomic E-state index is -1.50. The van der Waals surface area contributed by atoms with Crippen LogP contribution in [0.4, 0.5) is 0 Å². The highest BCUT2D eigenvalue weighted by Gasteiger charge is 2.33. The zero-order valence-electron chi connectivity index (χ0n) is 22.8. The average Bonchev–Trinajstić information content (AvgIpc) is 2.81. The first kappa shape index (κ1) is 23.8. The fourth-order valence-corrected chi connectivity index (χ4v) is 9.23. The second kappa shape index (κ2) is 8.19. The van der Waals surface area contributed by atoms with Crippen LogP contribution in [-0.4, -0.2) is 8.07 Å². The molecule has 0 amide bonds. The van der Waals surface area contributed by atoms with E-state index in [9.17, 15) is 0 Å². The van der Waals surface area contributed by atoms with Gasteiger partial charge in [0.25, 0.3) is 0 Å². The number of hydrogen-bond acceptors (Lipinski definition) is 1. The monoisotopic (exact) mass is 506 g/mol. The van der Waals surface area contributed by atoms with Crippen LogP contribution in [-0.2, 0) is 13.5 Å². The second-order valence-electron chi connectivity index (χ2n) is 12.1. The first-order valence-corrected chi connectivity index (χ1v) is 17.5. The third-order valence-electron chi connectivity index (χ3n) is 7.89. The summed E-state index contributed by atoms with van der Waals surface area (Å²) in [5, 5.41) is 10.1. The topological polar surface area (TPSA) is 3.88 Å². The van der Waals surface area contributed by atoms with Gasteiger partial charge in [0.1, 0.15) is 7.05 Å². The summed E-state index contributed by atoms with van der Waals surface area (Å²) < 4.78 is 2.37. The smallest absolute Gasteiger partial charge is 0.200 e. The molecule has 1 aliphatic heterocycles. The van der Waals surface area contributed by atoms with Crippen molar-refractivity contribution in [2.24, 2.45) is 13.0 Å². The van der Waals surface area contributed by atoms with Crippen LogP contribution in [0.3, 0.4) is 0 Å². The molecule has 36 heavy (non-hydrogen) atoms. The van der Waals surface area contributed by atoms with Gasteiger partial charge in [0.15, 0.2) is 6.20 Å². The molecule has 0 bridgehead atoms.